The monoisotopic (exact) mass is 262 g/mol. The van der Waals surface area contributed by atoms with Crippen molar-refractivity contribution in [3.63, 3.8) is 0 Å². The number of rotatable bonds is 6. The predicted molar refractivity (Wildman–Crippen MR) is 84.2 cm³/mol. The lowest BCUT2D eigenvalue weighted by Gasteiger charge is -2.24. The van der Waals surface area contributed by atoms with Crippen LogP contribution < -0.4 is 0 Å². The van der Waals surface area contributed by atoms with Gasteiger partial charge >= 0.3 is 0 Å². The molecule has 0 unspecified atom stereocenters. The number of aliphatic hydroxyl groups excluding tert-OH is 1. The van der Waals surface area contributed by atoms with Crippen LogP contribution in [0.2, 0.25) is 0 Å². The molecule has 0 aromatic heterocycles. The van der Waals surface area contributed by atoms with E-state index in [2.05, 4.69) is 33.8 Å². The molecule has 0 saturated heterocycles. The fraction of sp³-hybridized carbons (Fsp3) is 0.667. The summed E-state index contributed by atoms with van der Waals surface area (Å²) in [5.41, 5.74) is 5.99. The Kier molecular flexibility index (Phi) is 7.15. The average molecular weight is 262 g/mol. The van der Waals surface area contributed by atoms with E-state index in [1.54, 1.807) is 11.1 Å². The Bertz CT molecular complexity index is 369. The zero-order chi connectivity index (χ0) is 14.3. The zero-order valence-electron chi connectivity index (χ0n) is 13.1. The van der Waals surface area contributed by atoms with Gasteiger partial charge in [-0.2, -0.15) is 0 Å². The maximum atomic E-state index is 8.99. The summed E-state index contributed by atoms with van der Waals surface area (Å²) < 4.78 is 0. The molecule has 0 aromatic carbocycles. The van der Waals surface area contributed by atoms with Crippen molar-refractivity contribution >= 4 is 0 Å². The lowest BCUT2D eigenvalue weighted by Crippen LogP contribution is -2.05. The van der Waals surface area contributed by atoms with Crippen molar-refractivity contribution in [3.8, 4) is 0 Å². The molecule has 0 heterocycles. The van der Waals surface area contributed by atoms with Crippen molar-refractivity contribution in [1.82, 2.24) is 0 Å². The summed E-state index contributed by atoms with van der Waals surface area (Å²) in [4.78, 5) is 0. The van der Waals surface area contributed by atoms with Crippen LogP contribution in [0, 0.1) is 5.92 Å². The third-order valence-electron chi connectivity index (χ3n) is 3.95. The van der Waals surface area contributed by atoms with Crippen LogP contribution in [0.3, 0.4) is 0 Å². The Labute approximate surface area is 119 Å². The van der Waals surface area contributed by atoms with Gasteiger partial charge in [0.1, 0.15) is 0 Å². The van der Waals surface area contributed by atoms with Crippen molar-refractivity contribution in [3.05, 3.63) is 34.4 Å². The van der Waals surface area contributed by atoms with Crippen LogP contribution in [0.5, 0.6) is 0 Å². The highest BCUT2D eigenvalue weighted by atomic mass is 16.2. The molecular weight excluding hydrogens is 232 g/mol. The van der Waals surface area contributed by atoms with Gasteiger partial charge in [0.05, 0.1) is 6.61 Å². The van der Waals surface area contributed by atoms with Gasteiger partial charge in [0.15, 0.2) is 0 Å². The summed E-state index contributed by atoms with van der Waals surface area (Å²) in [6, 6.07) is 0. The second-order valence-corrected chi connectivity index (χ2v) is 6.02. The highest BCUT2D eigenvalue weighted by Crippen LogP contribution is 2.35. The molecule has 0 aliphatic heterocycles. The minimum atomic E-state index is 0.140. The summed E-state index contributed by atoms with van der Waals surface area (Å²) in [6.45, 7) is 9.11. The minimum absolute atomic E-state index is 0.140. The first-order valence-corrected chi connectivity index (χ1v) is 7.77. The summed E-state index contributed by atoms with van der Waals surface area (Å²) >= 11 is 0. The standard InChI is InChI=1S/C18H30O/c1-5-16-7-6-8-17(13-15(4)11-12-19)18(16)10-9-14(2)3/h11,13-14,19H,5-10,12H2,1-4H3/b15-11+,17-13-. The number of hydrogen-bond acceptors (Lipinski definition) is 1. The van der Waals surface area contributed by atoms with E-state index < -0.39 is 0 Å². The Morgan fingerprint density at radius 3 is 2.63 bits per heavy atom. The molecule has 0 amide bonds. The van der Waals surface area contributed by atoms with E-state index in [0.717, 1.165) is 5.92 Å². The van der Waals surface area contributed by atoms with Gasteiger partial charge in [-0.3, -0.25) is 0 Å². The molecule has 19 heavy (non-hydrogen) atoms. The molecule has 0 bridgehead atoms. The Balaban J connectivity index is 2.96. The molecule has 108 valence electrons. The largest absolute Gasteiger partial charge is 0.392 e. The maximum Gasteiger partial charge on any atom is 0.0617 e. The van der Waals surface area contributed by atoms with Crippen molar-refractivity contribution < 1.29 is 5.11 Å². The van der Waals surface area contributed by atoms with Crippen molar-refractivity contribution in [2.75, 3.05) is 6.61 Å². The fourth-order valence-electron chi connectivity index (χ4n) is 2.82. The molecule has 1 heteroatoms. The van der Waals surface area contributed by atoms with Crippen molar-refractivity contribution in [2.45, 2.75) is 66.2 Å². The summed E-state index contributed by atoms with van der Waals surface area (Å²) in [5, 5.41) is 8.99. The predicted octanol–water partition coefficient (Wildman–Crippen LogP) is 5.18. The number of allylic oxidation sites excluding steroid dienone is 5. The molecule has 0 fully saturated rings. The third kappa shape index (κ3) is 5.36. The molecule has 0 radical (unpaired) electrons. The van der Waals surface area contributed by atoms with E-state index in [4.69, 9.17) is 5.11 Å². The lowest BCUT2D eigenvalue weighted by atomic mass is 9.82. The van der Waals surface area contributed by atoms with Crippen LogP contribution in [0.15, 0.2) is 34.4 Å². The minimum Gasteiger partial charge on any atom is -0.392 e. The van der Waals surface area contributed by atoms with Gasteiger partial charge in [0.25, 0.3) is 0 Å². The van der Waals surface area contributed by atoms with Crippen LogP contribution in [0.4, 0.5) is 0 Å². The van der Waals surface area contributed by atoms with Crippen LogP contribution in [0.25, 0.3) is 0 Å². The second-order valence-electron chi connectivity index (χ2n) is 6.02. The summed E-state index contributed by atoms with van der Waals surface area (Å²) in [5.74, 6) is 0.767. The topological polar surface area (TPSA) is 20.2 Å². The molecule has 1 N–H and O–H groups in total. The second kappa shape index (κ2) is 8.37. The van der Waals surface area contributed by atoms with Gasteiger partial charge in [-0.05, 0) is 62.5 Å². The highest BCUT2D eigenvalue weighted by molar-refractivity contribution is 5.41. The summed E-state index contributed by atoms with van der Waals surface area (Å²) in [6.07, 6.45) is 11.6. The maximum absolute atomic E-state index is 8.99. The molecule has 1 aliphatic carbocycles. The van der Waals surface area contributed by atoms with Gasteiger partial charge in [-0.1, -0.05) is 44.1 Å². The SMILES string of the molecule is CCC1=C(CCC(C)C)/C(=C\C(C)=C\CO)CCC1. The molecule has 0 atom stereocenters. The van der Waals surface area contributed by atoms with Crippen molar-refractivity contribution in [1.29, 1.82) is 0 Å². The Hall–Kier alpha value is -0.820. The zero-order valence-corrected chi connectivity index (χ0v) is 13.1. The molecule has 0 spiro atoms. The first-order valence-electron chi connectivity index (χ1n) is 7.77. The first-order chi connectivity index (χ1) is 9.08. The third-order valence-corrected chi connectivity index (χ3v) is 3.95. The summed E-state index contributed by atoms with van der Waals surface area (Å²) in [7, 11) is 0. The van der Waals surface area contributed by atoms with E-state index in [0.29, 0.717) is 0 Å². The van der Waals surface area contributed by atoms with Gasteiger partial charge in [-0.15, -0.1) is 0 Å². The van der Waals surface area contributed by atoms with Crippen LogP contribution in [0.1, 0.15) is 66.2 Å². The van der Waals surface area contributed by atoms with E-state index in [-0.39, 0.29) is 6.61 Å². The highest BCUT2D eigenvalue weighted by Gasteiger charge is 2.16. The number of aliphatic hydroxyl groups is 1. The normalized spacial score (nSPS) is 19.7. The smallest absolute Gasteiger partial charge is 0.0617 e. The molecule has 1 aliphatic rings. The molecule has 0 aromatic rings. The Morgan fingerprint density at radius 2 is 2.05 bits per heavy atom. The molecule has 0 saturated carbocycles. The molecule has 1 nitrogen and oxygen atoms in total. The van der Waals surface area contributed by atoms with E-state index >= 15 is 0 Å². The van der Waals surface area contributed by atoms with Crippen molar-refractivity contribution in [2.24, 2.45) is 5.92 Å². The van der Waals surface area contributed by atoms with Gasteiger partial charge in [0.2, 0.25) is 0 Å². The average Bonchev–Trinajstić information content (AvgIpc) is 2.37. The number of hydrogen-bond donors (Lipinski definition) is 1. The first kappa shape index (κ1) is 16.2. The van der Waals surface area contributed by atoms with E-state index in [9.17, 15) is 0 Å². The molecular formula is C18H30O. The van der Waals surface area contributed by atoms with Crippen LogP contribution in [-0.4, -0.2) is 11.7 Å². The van der Waals surface area contributed by atoms with Crippen LogP contribution in [-0.2, 0) is 0 Å². The van der Waals surface area contributed by atoms with Gasteiger partial charge in [-0.25, -0.2) is 0 Å². The fourth-order valence-corrected chi connectivity index (χ4v) is 2.82. The lowest BCUT2D eigenvalue weighted by molar-refractivity contribution is 0.342. The van der Waals surface area contributed by atoms with Gasteiger partial charge in [0, 0.05) is 0 Å². The van der Waals surface area contributed by atoms with Gasteiger partial charge < -0.3 is 5.11 Å². The van der Waals surface area contributed by atoms with Crippen LogP contribution >= 0.6 is 0 Å². The van der Waals surface area contributed by atoms with E-state index in [1.807, 2.05) is 6.08 Å². The quantitative estimate of drug-likeness (QED) is 0.699. The van der Waals surface area contributed by atoms with E-state index in [1.165, 1.54) is 49.7 Å². The Morgan fingerprint density at radius 1 is 1.32 bits per heavy atom. The molecule has 1 rings (SSSR count).